The van der Waals surface area contributed by atoms with Crippen LogP contribution in [0.2, 0.25) is 0 Å². The number of carbonyl (C=O) groups excluding carboxylic acids is 1. The fraction of sp³-hybridized carbons (Fsp3) is 0.588. The summed E-state index contributed by atoms with van der Waals surface area (Å²) in [6.45, 7) is 14.2. The Labute approximate surface area is 120 Å². The number of carbonyl (C=O) groups is 1. The van der Waals surface area contributed by atoms with Gasteiger partial charge in [-0.05, 0) is 31.5 Å². The van der Waals surface area contributed by atoms with Crippen molar-refractivity contribution in [1.29, 1.82) is 0 Å². The lowest BCUT2D eigenvalue weighted by atomic mass is 9.93. The predicted molar refractivity (Wildman–Crippen MR) is 88.3 cm³/mol. The van der Waals surface area contributed by atoms with Crippen LogP contribution in [0.5, 0.6) is 0 Å². The van der Waals surface area contributed by atoms with E-state index in [1.807, 2.05) is 66.9 Å². The predicted octanol–water partition coefficient (Wildman–Crippen LogP) is 4.89. The lowest BCUT2D eigenvalue weighted by Crippen LogP contribution is -2.04. The van der Waals surface area contributed by atoms with Crippen molar-refractivity contribution in [1.82, 2.24) is 5.32 Å². The minimum atomic E-state index is 0.182. The topological polar surface area (TPSA) is 29.1 Å². The van der Waals surface area contributed by atoms with E-state index < -0.39 is 0 Å². The lowest BCUT2D eigenvalue weighted by molar-refractivity contribution is -0.109. The molecular formula is C17H33NO. The monoisotopic (exact) mass is 267 g/mol. The molecule has 2 nitrogen and oxygen atoms in total. The quantitative estimate of drug-likeness (QED) is 0.580. The van der Waals surface area contributed by atoms with E-state index in [0.717, 1.165) is 6.29 Å². The van der Waals surface area contributed by atoms with Crippen molar-refractivity contribution in [2.45, 2.75) is 54.9 Å². The molecule has 0 spiro atoms. The summed E-state index contributed by atoms with van der Waals surface area (Å²) in [6.07, 6.45) is 11.6. The maximum atomic E-state index is 9.82. The van der Waals surface area contributed by atoms with Gasteiger partial charge >= 0.3 is 0 Å². The molecule has 19 heavy (non-hydrogen) atoms. The van der Waals surface area contributed by atoms with E-state index in [0.29, 0.717) is 6.42 Å². The highest BCUT2D eigenvalue weighted by Crippen LogP contribution is 2.15. The second-order valence-electron chi connectivity index (χ2n) is 4.99. The van der Waals surface area contributed by atoms with Crippen LogP contribution in [0.1, 0.15) is 54.9 Å². The van der Waals surface area contributed by atoms with Gasteiger partial charge in [-0.3, -0.25) is 0 Å². The van der Waals surface area contributed by atoms with Crippen LogP contribution in [0.3, 0.4) is 0 Å². The highest BCUT2D eigenvalue weighted by atomic mass is 16.1. The normalized spacial score (nSPS) is 11.5. The average molecular weight is 267 g/mol. The molecule has 0 aliphatic carbocycles. The molecule has 112 valence electrons. The molecule has 1 N–H and O–H groups in total. The molecule has 0 aliphatic heterocycles. The third-order valence-corrected chi connectivity index (χ3v) is 1.75. The van der Waals surface area contributed by atoms with Gasteiger partial charge < -0.3 is 10.1 Å². The second kappa shape index (κ2) is 16.7. The first-order chi connectivity index (χ1) is 8.87. The maximum Gasteiger partial charge on any atom is 0.120 e. The zero-order valence-electron chi connectivity index (χ0n) is 14.1. The van der Waals surface area contributed by atoms with Crippen molar-refractivity contribution in [3.8, 4) is 0 Å². The molecular weight excluding hydrogens is 234 g/mol. The van der Waals surface area contributed by atoms with Crippen molar-refractivity contribution in [2.24, 2.45) is 5.41 Å². The molecule has 0 aliphatic rings. The molecule has 0 radical (unpaired) electrons. The molecule has 0 amide bonds. The highest BCUT2D eigenvalue weighted by Gasteiger charge is 2.06. The summed E-state index contributed by atoms with van der Waals surface area (Å²) in [7, 11) is 1.88. The molecule has 0 atom stereocenters. The molecule has 0 rings (SSSR count). The smallest absolute Gasteiger partial charge is 0.120 e. The van der Waals surface area contributed by atoms with Crippen LogP contribution < -0.4 is 5.32 Å². The zero-order chi connectivity index (χ0) is 15.7. The van der Waals surface area contributed by atoms with Crippen LogP contribution in [0.4, 0.5) is 0 Å². The molecule has 0 aromatic carbocycles. The van der Waals surface area contributed by atoms with Crippen molar-refractivity contribution in [2.75, 3.05) is 7.05 Å². The van der Waals surface area contributed by atoms with E-state index in [9.17, 15) is 4.79 Å². The van der Waals surface area contributed by atoms with Crippen LogP contribution in [0.25, 0.3) is 0 Å². The van der Waals surface area contributed by atoms with E-state index in [4.69, 9.17) is 0 Å². The summed E-state index contributed by atoms with van der Waals surface area (Å²) in [5.41, 5.74) is 1.44. The van der Waals surface area contributed by atoms with Gasteiger partial charge in [-0.2, -0.15) is 0 Å². The number of hydrogen-bond acceptors (Lipinski definition) is 2. The van der Waals surface area contributed by atoms with Crippen LogP contribution in [0, 0.1) is 5.41 Å². The molecule has 2 heteroatoms. The van der Waals surface area contributed by atoms with Crippen molar-refractivity contribution in [3.63, 3.8) is 0 Å². The Bertz CT molecular complexity index is 267. The third kappa shape index (κ3) is 31.5. The summed E-state index contributed by atoms with van der Waals surface area (Å²) >= 11 is 0. The highest BCUT2D eigenvalue weighted by molar-refractivity contribution is 5.50. The first-order valence-electron chi connectivity index (χ1n) is 6.94. The third-order valence-electron chi connectivity index (χ3n) is 1.75. The van der Waals surface area contributed by atoms with E-state index in [2.05, 4.69) is 24.4 Å². The fourth-order valence-corrected chi connectivity index (χ4v) is 0.865. The van der Waals surface area contributed by atoms with Gasteiger partial charge in [-0.25, -0.2) is 0 Å². The minimum absolute atomic E-state index is 0.182. The minimum Gasteiger partial charge on any atom is -0.394 e. The maximum absolute atomic E-state index is 9.82. The molecule has 0 aromatic heterocycles. The lowest BCUT2D eigenvalue weighted by Gasteiger charge is -2.11. The Morgan fingerprint density at radius 3 is 2.00 bits per heavy atom. The van der Waals surface area contributed by atoms with Gasteiger partial charge in [-0.15, -0.1) is 0 Å². The number of allylic oxidation sites excluding steroid dienone is 5. The first-order valence-corrected chi connectivity index (χ1v) is 6.94. The molecule has 0 unspecified atom stereocenters. The fourth-order valence-electron chi connectivity index (χ4n) is 0.865. The SMILES string of the molecule is CC.CC(C)(C)CC=O.C\C=C/C(C)=C\C=C\NC. The van der Waals surface area contributed by atoms with Gasteiger partial charge in [0, 0.05) is 13.5 Å². The van der Waals surface area contributed by atoms with E-state index in [-0.39, 0.29) is 5.41 Å². The molecule has 0 saturated carbocycles. The summed E-state index contributed by atoms with van der Waals surface area (Å²) in [5, 5.41) is 2.92. The number of hydrogen-bond donors (Lipinski definition) is 1. The summed E-state index contributed by atoms with van der Waals surface area (Å²) in [5.74, 6) is 0. The Kier molecular flexibility index (Phi) is 20.1. The van der Waals surface area contributed by atoms with Crippen molar-refractivity contribution in [3.05, 3.63) is 36.1 Å². The number of aldehydes is 1. The molecule has 0 aromatic rings. The summed E-state index contributed by atoms with van der Waals surface area (Å²) in [4.78, 5) is 9.82. The second-order valence-corrected chi connectivity index (χ2v) is 4.99. The van der Waals surface area contributed by atoms with Crippen LogP contribution in [0.15, 0.2) is 36.1 Å². The van der Waals surface area contributed by atoms with E-state index in [1.165, 1.54) is 5.57 Å². The largest absolute Gasteiger partial charge is 0.394 e. The van der Waals surface area contributed by atoms with Gasteiger partial charge in [0.1, 0.15) is 6.29 Å². The molecule has 0 heterocycles. The number of rotatable bonds is 4. The van der Waals surface area contributed by atoms with E-state index in [1.54, 1.807) is 0 Å². The van der Waals surface area contributed by atoms with E-state index >= 15 is 0 Å². The van der Waals surface area contributed by atoms with Gasteiger partial charge in [0.2, 0.25) is 0 Å². The van der Waals surface area contributed by atoms with Gasteiger partial charge in [0.25, 0.3) is 0 Å². The van der Waals surface area contributed by atoms with Crippen LogP contribution >= 0.6 is 0 Å². The summed E-state index contributed by atoms with van der Waals surface area (Å²) < 4.78 is 0. The van der Waals surface area contributed by atoms with Crippen LogP contribution in [-0.4, -0.2) is 13.3 Å². The Hall–Kier alpha value is -1.31. The summed E-state index contributed by atoms with van der Waals surface area (Å²) in [6, 6.07) is 0. The standard InChI is InChI=1S/C9H15N.C6H12O.C2H6/c1-4-6-9(2)7-5-8-10-3;1-6(2,3)4-5-7;1-2/h4-8,10H,1-3H3;5H,4H2,1-3H3;1-2H3/b6-4-,8-5+,9-7-;;. The van der Waals surface area contributed by atoms with Crippen molar-refractivity contribution < 1.29 is 4.79 Å². The Morgan fingerprint density at radius 1 is 1.21 bits per heavy atom. The van der Waals surface area contributed by atoms with Crippen molar-refractivity contribution >= 4 is 6.29 Å². The Morgan fingerprint density at radius 2 is 1.74 bits per heavy atom. The van der Waals surface area contributed by atoms with Crippen LogP contribution in [-0.2, 0) is 4.79 Å². The molecule has 0 saturated heterocycles. The van der Waals surface area contributed by atoms with Gasteiger partial charge in [0.15, 0.2) is 0 Å². The zero-order valence-corrected chi connectivity index (χ0v) is 14.1. The molecule has 0 fully saturated rings. The van der Waals surface area contributed by atoms with Gasteiger partial charge in [-0.1, -0.05) is 58.4 Å². The first kappa shape index (κ1) is 22.8. The Balaban J connectivity index is -0.000000249. The van der Waals surface area contributed by atoms with Gasteiger partial charge in [0.05, 0.1) is 0 Å². The molecule has 0 bridgehead atoms. The average Bonchev–Trinajstić information content (AvgIpc) is 2.31. The number of nitrogens with one attached hydrogen (secondary N) is 1.